The molecular weight excluding hydrogens is 286 g/mol. The lowest BCUT2D eigenvalue weighted by atomic mass is 10.3. The van der Waals surface area contributed by atoms with Crippen molar-refractivity contribution in [2.75, 3.05) is 5.73 Å². The van der Waals surface area contributed by atoms with E-state index in [1.54, 1.807) is 24.7 Å². The number of rotatable bonds is 3. The van der Waals surface area contributed by atoms with Gasteiger partial charge in [0, 0.05) is 17.6 Å². The van der Waals surface area contributed by atoms with E-state index in [1.807, 2.05) is 6.92 Å². The lowest BCUT2D eigenvalue weighted by Gasteiger charge is -2.04. The topological polar surface area (TPSA) is 70.1 Å². The van der Waals surface area contributed by atoms with E-state index in [4.69, 9.17) is 22.1 Å². The van der Waals surface area contributed by atoms with E-state index in [-0.39, 0.29) is 6.61 Å². The second kappa shape index (κ2) is 5.22. The van der Waals surface area contributed by atoms with Crippen LogP contribution in [0.25, 0.3) is 0 Å². The van der Waals surface area contributed by atoms with Crippen molar-refractivity contribution in [2.45, 2.75) is 20.5 Å². The van der Waals surface area contributed by atoms with Gasteiger partial charge in [0.1, 0.15) is 11.5 Å². The number of anilines is 1. The summed E-state index contributed by atoms with van der Waals surface area (Å²) < 4.78 is 6.84. The molecule has 0 radical (unpaired) electrons. The molecule has 0 unspecified atom stereocenters. The average Bonchev–Trinajstić information content (AvgIpc) is 2.80. The molecule has 2 N–H and O–H groups in total. The molecule has 0 saturated carbocycles. The Balaban J connectivity index is 2.08. The van der Waals surface area contributed by atoms with Crippen LogP contribution in [0.3, 0.4) is 0 Å². The summed E-state index contributed by atoms with van der Waals surface area (Å²) in [5.41, 5.74) is 7.70. The summed E-state index contributed by atoms with van der Waals surface area (Å²) in [6, 6.07) is 1.62. The summed E-state index contributed by atoms with van der Waals surface area (Å²) in [5.74, 6) is -0.403. The molecular formula is C12H14ClN3O2S. The van der Waals surface area contributed by atoms with Gasteiger partial charge in [-0.05, 0) is 19.9 Å². The van der Waals surface area contributed by atoms with Crippen molar-refractivity contribution in [1.82, 2.24) is 9.78 Å². The standard InChI is InChI=1S/C12H14ClN3O2S/c1-6-11(13)9(16(3)15-6)5-18-12(17)10-4-8(14)7(2)19-10/h4H,5,14H2,1-3H3. The number of carbonyl (C=O) groups is 1. The molecule has 0 saturated heterocycles. The number of nitrogens with zero attached hydrogens (tertiary/aromatic N) is 2. The Morgan fingerprint density at radius 2 is 2.26 bits per heavy atom. The molecule has 0 aliphatic rings. The van der Waals surface area contributed by atoms with Crippen LogP contribution in [0.5, 0.6) is 0 Å². The fourth-order valence-corrected chi connectivity index (χ4v) is 2.69. The monoisotopic (exact) mass is 299 g/mol. The number of nitrogen functional groups attached to an aromatic ring is 1. The van der Waals surface area contributed by atoms with Crippen LogP contribution in [-0.4, -0.2) is 15.7 Å². The van der Waals surface area contributed by atoms with Crippen LogP contribution in [0.4, 0.5) is 5.69 Å². The first-order valence-corrected chi connectivity index (χ1v) is 6.80. The van der Waals surface area contributed by atoms with E-state index >= 15 is 0 Å². The van der Waals surface area contributed by atoms with Crippen molar-refractivity contribution < 1.29 is 9.53 Å². The highest BCUT2D eigenvalue weighted by atomic mass is 35.5. The van der Waals surface area contributed by atoms with Gasteiger partial charge in [-0.15, -0.1) is 11.3 Å². The van der Waals surface area contributed by atoms with E-state index in [2.05, 4.69) is 5.10 Å². The minimum atomic E-state index is -0.403. The molecule has 2 aromatic heterocycles. The second-order valence-corrected chi connectivity index (χ2v) is 5.80. The number of aryl methyl sites for hydroxylation is 3. The second-order valence-electron chi connectivity index (χ2n) is 4.17. The fourth-order valence-electron chi connectivity index (χ4n) is 1.64. The van der Waals surface area contributed by atoms with Gasteiger partial charge in [0.2, 0.25) is 0 Å². The maximum atomic E-state index is 11.9. The Labute approximate surface area is 119 Å². The van der Waals surface area contributed by atoms with Crippen molar-refractivity contribution in [1.29, 1.82) is 0 Å². The number of nitrogens with two attached hydrogens (primary N) is 1. The molecule has 0 fully saturated rings. The Bertz CT molecular complexity index is 614. The lowest BCUT2D eigenvalue weighted by Crippen LogP contribution is -2.07. The van der Waals surface area contributed by atoms with Gasteiger partial charge in [0.05, 0.1) is 16.4 Å². The highest BCUT2D eigenvalue weighted by molar-refractivity contribution is 7.14. The normalized spacial score (nSPS) is 10.7. The van der Waals surface area contributed by atoms with E-state index in [9.17, 15) is 4.79 Å². The maximum Gasteiger partial charge on any atom is 0.348 e. The van der Waals surface area contributed by atoms with Crippen molar-refractivity contribution in [3.63, 3.8) is 0 Å². The van der Waals surface area contributed by atoms with E-state index < -0.39 is 5.97 Å². The number of ether oxygens (including phenoxy) is 1. The maximum absolute atomic E-state index is 11.9. The summed E-state index contributed by atoms with van der Waals surface area (Å²) in [5, 5.41) is 4.68. The predicted octanol–water partition coefficient (Wildman–Crippen LogP) is 2.69. The fraction of sp³-hybridized carbons (Fsp3) is 0.333. The van der Waals surface area contributed by atoms with Crippen LogP contribution in [0.2, 0.25) is 5.02 Å². The summed E-state index contributed by atoms with van der Waals surface area (Å²) in [6.07, 6.45) is 0. The summed E-state index contributed by atoms with van der Waals surface area (Å²) in [6.45, 7) is 3.75. The summed E-state index contributed by atoms with van der Waals surface area (Å²) >= 11 is 7.40. The molecule has 0 amide bonds. The van der Waals surface area contributed by atoms with Crippen LogP contribution in [0, 0.1) is 13.8 Å². The third kappa shape index (κ3) is 2.74. The average molecular weight is 300 g/mol. The number of carbonyl (C=O) groups excluding carboxylic acids is 1. The Morgan fingerprint density at radius 3 is 2.74 bits per heavy atom. The first-order valence-electron chi connectivity index (χ1n) is 5.61. The number of aromatic nitrogens is 2. The largest absolute Gasteiger partial charge is 0.455 e. The molecule has 0 aliphatic carbocycles. The van der Waals surface area contributed by atoms with Gasteiger partial charge in [-0.3, -0.25) is 4.68 Å². The number of hydrogen-bond acceptors (Lipinski definition) is 5. The van der Waals surface area contributed by atoms with Crippen molar-refractivity contribution >= 4 is 34.6 Å². The zero-order valence-electron chi connectivity index (χ0n) is 10.9. The van der Waals surface area contributed by atoms with E-state index in [1.165, 1.54) is 11.3 Å². The van der Waals surface area contributed by atoms with Gasteiger partial charge in [-0.1, -0.05) is 11.6 Å². The molecule has 19 heavy (non-hydrogen) atoms. The zero-order valence-corrected chi connectivity index (χ0v) is 12.4. The van der Waals surface area contributed by atoms with Crippen LogP contribution >= 0.6 is 22.9 Å². The molecule has 0 spiro atoms. The molecule has 0 aliphatic heterocycles. The number of hydrogen-bond donors (Lipinski definition) is 1. The molecule has 0 atom stereocenters. The minimum absolute atomic E-state index is 0.0891. The van der Waals surface area contributed by atoms with Crippen LogP contribution in [-0.2, 0) is 18.4 Å². The number of halogens is 1. The highest BCUT2D eigenvalue weighted by Crippen LogP contribution is 2.25. The first kappa shape index (κ1) is 13.9. The van der Waals surface area contributed by atoms with E-state index in [0.29, 0.717) is 27.0 Å². The van der Waals surface area contributed by atoms with E-state index in [0.717, 1.165) is 4.88 Å². The van der Waals surface area contributed by atoms with Crippen LogP contribution < -0.4 is 5.73 Å². The minimum Gasteiger partial charge on any atom is -0.455 e. The van der Waals surface area contributed by atoms with Crippen molar-refractivity contribution in [2.24, 2.45) is 7.05 Å². The Hall–Kier alpha value is -1.53. The molecule has 5 nitrogen and oxygen atoms in total. The predicted molar refractivity (Wildman–Crippen MR) is 75.5 cm³/mol. The SMILES string of the molecule is Cc1nn(C)c(COC(=O)c2cc(N)c(C)s2)c1Cl. The quantitative estimate of drug-likeness (QED) is 0.885. The Morgan fingerprint density at radius 1 is 1.58 bits per heavy atom. The van der Waals surface area contributed by atoms with Gasteiger partial charge in [-0.25, -0.2) is 4.79 Å². The number of thiophene rings is 1. The summed E-state index contributed by atoms with van der Waals surface area (Å²) in [7, 11) is 1.76. The molecule has 2 heterocycles. The lowest BCUT2D eigenvalue weighted by molar-refractivity contribution is 0.0469. The Kier molecular flexibility index (Phi) is 3.82. The van der Waals surface area contributed by atoms with Gasteiger partial charge in [-0.2, -0.15) is 5.10 Å². The third-order valence-corrected chi connectivity index (χ3v) is 4.30. The smallest absolute Gasteiger partial charge is 0.348 e. The zero-order chi connectivity index (χ0) is 14.2. The first-order chi connectivity index (χ1) is 8.90. The molecule has 7 heteroatoms. The molecule has 0 bridgehead atoms. The van der Waals surface area contributed by atoms with Crippen molar-refractivity contribution in [3.05, 3.63) is 32.2 Å². The summed E-state index contributed by atoms with van der Waals surface area (Å²) in [4.78, 5) is 13.3. The van der Waals surface area contributed by atoms with Crippen molar-refractivity contribution in [3.8, 4) is 0 Å². The molecule has 0 aromatic carbocycles. The van der Waals surface area contributed by atoms with Gasteiger partial charge >= 0.3 is 5.97 Å². The van der Waals surface area contributed by atoms with Crippen LogP contribution in [0.15, 0.2) is 6.07 Å². The molecule has 102 valence electrons. The van der Waals surface area contributed by atoms with Gasteiger partial charge in [0.15, 0.2) is 0 Å². The van der Waals surface area contributed by atoms with Gasteiger partial charge in [0.25, 0.3) is 0 Å². The third-order valence-electron chi connectivity index (χ3n) is 2.76. The van der Waals surface area contributed by atoms with Crippen LogP contribution in [0.1, 0.15) is 25.9 Å². The molecule has 2 aromatic rings. The highest BCUT2D eigenvalue weighted by Gasteiger charge is 2.16. The number of esters is 1. The van der Waals surface area contributed by atoms with Gasteiger partial charge < -0.3 is 10.5 Å². The molecule has 2 rings (SSSR count).